The van der Waals surface area contributed by atoms with Gasteiger partial charge in [0, 0.05) is 31.5 Å². The quantitative estimate of drug-likeness (QED) is 0.391. The molecule has 6 nitrogen and oxygen atoms in total. The minimum absolute atomic E-state index is 0.160. The van der Waals surface area contributed by atoms with Crippen molar-refractivity contribution in [3.8, 4) is 0 Å². The van der Waals surface area contributed by atoms with Crippen LogP contribution in [0.3, 0.4) is 0 Å². The summed E-state index contributed by atoms with van der Waals surface area (Å²) < 4.78 is 0. The molecule has 0 saturated carbocycles. The van der Waals surface area contributed by atoms with Crippen LogP contribution in [0.5, 0.6) is 0 Å². The number of hydrogen-bond donors (Lipinski definition) is 1. The van der Waals surface area contributed by atoms with E-state index in [-0.39, 0.29) is 28.5 Å². The van der Waals surface area contributed by atoms with Crippen molar-refractivity contribution in [3.05, 3.63) is 88.2 Å². The molecule has 0 aliphatic rings. The number of carboxylic acids is 1. The van der Waals surface area contributed by atoms with E-state index in [1.165, 1.54) is 0 Å². The van der Waals surface area contributed by atoms with Crippen LogP contribution in [0.15, 0.2) is 67.0 Å². The molecule has 0 radical (unpaired) electrons. The summed E-state index contributed by atoms with van der Waals surface area (Å²) in [7, 11) is 1.87. The Labute approximate surface area is 196 Å². The molecule has 1 aromatic heterocycles. The Morgan fingerprint density at radius 2 is 1.66 bits per heavy atom. The summed E-state index contributed by atoms with van der Waals surface area (Å²) in [5, 5.41) is 9.97. The number of benzene rings is 2. The van der Waals surface area contributed by atoms with Crippen molar-refractivity contribution in [3.63, 3.8) is 0 Å². The van der Waals surface area contributed by atoms with Crippen LogP contribution in [0.1, 0.15) is 28.8 Å². The van der Waals surface area contributed by atoms with Crippen LogP contribution >= 0.6 is 23.2 Å². The summed E-state index contributed by atoms with van der Waals surface area (Å²) >= 11 is 12.1. The Balaban J connectivity index is 1.64. The van der Waals surface area contributed by atoms with E-state index < -0.39 is 17.7 Å². The molecule has 0 fully saturated rings. The van der Waals surface area contributed by atoms with E-state index in [4.69, 9.17) is 23.2 Å². The summed E-state index contributed by atoms with van der Waals surface area (Å²) in [4.78, 5) is 34.5. The van der Waals surface area contributed by atoms with Gasteiger partial charge in [0.2, 0.25) is 5.95 Å². The highest BCUT2D eigenvalue weighted by atomic mass is 35.5. The molecule has 1 heterocycles. The molecule has 3 rings (SSSR count). The second-order valence-electron chi connectivity index (χ2n) is 7.10. The number of aromatic nitrogens is 2. The van der Waals surface area contributed by atoms with Gasteiger partial charge in [0.25, 0.3) is 0 Å². The number of Topliss-reactive ketones (excluding diaryl/α,β-unsaturated/α-hetero) is 1. The number of ketones is 1. The first-order valence-corrected chi connectivity index (χ1v) is 10.6. The zero-order valence-electron chi connectivity index (χ0n) is 17.3. The summed E-state index contributed by atoms with van der Waals surface area (Å²) in [6.07, 6.45) is 6.94. The molecule has 1 atom stereocenters. The molecular formula is C24H21Cl2N3O3. The molecule has 2 aromatic carbocycles. The Kier molecular flexibility index (Phi) is 7.98. The fourth-order valence-corrected chi connectivity index (χ4v) is 3.73. The van der Waals surface area contributed by atoms with Crippen LogP contribution in [0.25, 0.3) is 6.08 Å². The molecule has 0 bridgehead atoms. The zero-order chi connectivity index (χ0) is 23.1. The predicted molar refractivity (Wildman–Crippen MR) is 127 cm³/mol. The van der Waals surface area contributed by atoms with E-state index in [0.717, 1.165) is 11.3 Å². The highest BCUT2D eigenvalue weighted by Crippen LogP contribution is 2.27. The SMILES string of the molecule is CN(c1ccc(/C=C/C[C@H](CC(=O)c2c(Cl)cccc2Cl)C(=O)O)cc1)c1ncccn1. The molecule has 0 saturated heterocycles. The summed E-state index contributed by atoms with van der Waals surface area (Å²) in [6, 6.07) is 14.2. The molecule has 1 N–H and O–H groups in total. The minimum Gasteiger partial charge on any atom is -0.481 e. The van der Waals surface area contributed by atoms with Gasteiger partial charge < -0.3 is 10.0 Å². The molecule has 0 amide bonds. The van der Waals surface area contributed by atoms with Crippen molar-refractivity contribution in [2.45, 2.75) is 12.8 Å². The van der Waals surface area contributed by atoms with Crippen LogP contribution < -0.4 is 4.90 Å². The number of allylic oxidation sites excluding steroid dienone is 1. The molecule has 0 aliphatic heterocycles. The van der Waals surface area contributed by atoms with Gasteiger partial charge in [0.1, 0.15) is 0 Å². The van der Waals surface area contributed by atoms with Gasteiger partial charge in [-0.15, -0.1) is 0 Å². The first-order chi connectivity index (χ1) is 15.4. The lowest BCUT2D eigenvalue weighted by Crippen LogP contribution is -2.18. The third kappa shape index (κ3) is 5.93. The number of carbonyl (C=O) groups excluding carboxylic acids is 1. The Morgan fingerprint density at radius 1 is 1.03 bits per heavy atom. The van der Waals surface area contributed by atoms with Gasteiger partial charge >= 0.3 is 5.97 Å². The number of halogens is 2. The van der Waals surface area contributed by atoms with Crippen molar-refractivity contribution in [2.24, 2.45) is 5.92 Å². The maximum atomic E-state index is 12.6. The molecular weight excluding hydrogens is 449 g/mol. The third-order valence-corrected chi connectivity index (χ3v) is 5.52. The highest BCUT2D eigenvalue weighted by Gasteiger charge is 2.23. The number of aliphatic carboxylic acids is 1. The standard InChI is InChI=1S/C24H21Cl2N3O3/c1-29(24-27-13-4-14-28-24)18-11-9-16(10-12-18)5-2-6-17(23(31)32)15-21(30)22-19(25)7-3-8-20(22)26/h2-5,7-14,17H,6,15H2,1H3,(H,31,32)/b5-2+/t17-/m1/s1. The predicted octanol–water partition coefficient (Wildman–Crippen LogP) is 5.93. The van der Waals surface area contributed by atoms with Gasteiger partial charge in [-0.2, -0.15) is 0 Å². The maximum Gasteiger partial charge on any atom is 0.307 e. The Bertz CT molecular complexity index is 1100. The fraction of sp³-hybridized carbons (Fsp3) is 0.167. The van der Waals surface area contributed by atoms with Crippen LogP contribution in [0, 0.1) is 5.92 Å². The van der Waals surface area contributed by atoms with Gasteiger partial charge in [-0.25, -0.2) is 9.97 Å². The Morgan fingerprint density at radius 3 is 2.25 bits per heavy atom. The van der Waals surface area contributed by atoms with E-state index in [9.17, 15) is 14.7 Å². The van der Waals surface area contributed by atoms with E-state index >= 15 is 0 Å². The van der Waals surface area contributed by atoms with Crippen LogP contribution in [-0.4, -0.2) is 33.9 Å². The van der Waals surface area contributed by atoms with Crippen molar-refractivity contribution in [1.29, 1.82) is 0 Å². The number of nitrogens with zero attached hydrogens (tertiary/aromatic N) is 3. The van der Waals surface area contributed by atoms with E-state index in [2.05, 4.69) is 9.97 Å². The van der Waals surface area contributed by atoms with Crippen molar-refractivity contribution in [2.75, 3.05) is 11.9 Å². The first kappa shape index (κ1) is 23.4. The number of hydrogen-bond acceptors (Lipinski definition) is 5. The lowest BCUT2D eigenvalue weighted by atomic mass is 9.95. The topological polar surface area (TPSA) is 83.4 Å². The smallest absolute Gasteiger partial charge is 0.307 e. The van der Waals surface area contributed by atoms with Gasteiger partial charge in [0.15, 0.2) is 5.78 Å². The number of rotatable bonds is 9. The summed E-state index contributed by atoms with van der Waals surface area (Å²) in [6.45, 7) is 0. The first-order valence-electron chi connectivity index (χ1n) is 9.84. The third-order valence-electron chi connectivity index (χ3n) is 4.89. The highest BCUT2D eigenvalue weighted by molar-refractivity contribution is 6.39. The molecule has 0 aliphatic carbocycles. The number of carbonyl (C=O) groups is 2. The molecule has 164 valence electrons. The fourth-order valence-electron chi connectivity index (χ4n) is 3.12. The summed E-state index contributed by atoms with van der Waals surface area (Å²) in [5.74, 6) is -1.74. The van der Waals surface area contributed by atoms with Crippen molar-refractivity contribution < 1.29 is 14.7 Å². The second-order valence-corrected chi connectivity index (χ2v) is 7.91. The average molecular weight is 470 g/mol. The molecule has 3 aromatic rings. The van der Waals surface area contributed by atoms with Crippen molar-refractivity contribution >= 4 is 52.7 Å². The van der Waals surface area contributed by atoms with E-state index in [1.54, 1.807) is 42.7 Å². The van der Waals surface area contributed by atoms with E-state index in [0.29, 0.717) is 5.95 Å². The van der Waals surface area contributed by atoms with E-state index in [1.807, 2.05) is 42.3 Å². The average Bonchev–Trinajstić information content (AvgIpc) is 2.78. The normalized spacial score (nSPS) is 12.0. The number of anilines is 2. The zero-order valence-corrected chi connectivity index (χ0v) is 18.8. The molecule has 0 unspecified atom stereocenters. The van der Waals surface area contributed by atoms with Crippen LogP contribution in [-0.2, 0) is 4.79 Å². The number of carboxylic acid groups (broad SMARTS) is 1. The maximum absolute atomic E-state index is 12.6. The van der Waals surface area contributed by atoms with Gasteiger partial charge in [0.05, 0.1) is 21.5 Å². The monoisotopic (exact) mass is 469 g/mol. The Hall–Kier alpha value is -3.22. The van der Waals surface area contributed by atoms with Gasteiger partial charge in [-0.3, -0.25) is 9.59 Å². The van der Waals surface area contributed by atoms with Crippen LogP contribution in [0.2, 0.25) is 10.0 Å². The molecule has 0 spiro atoms. The van der Waals surface area contributed by atoms with Gasteiger partial charge in [-0.1, -0.05) is 53.6 Å². The second kappa shape index (κ2) is 10.9. The van der Waals surface area contributed by atoms with Gasteiger partial charge in [-0.05, 0) is 42.3 Å². The van der Waals surface area contributed by atoms with Crippen molar-refractivity contribution in [1.82, 2.24) is 9.97 Å². The largest absolute Gasteiger partial charge is 0.481 e. The molecule has 32 heavy (non-hydrogen) atoms. The summed E-state index contributed by atoms with van der Waals surface area (Å²) in [5.41, 5.74) is 1.98. The lowest BCUT2D eigenvalue weighted by molar-refractivity contribution is -0.141. The minimum atomic E-state index is -1.05. The van der Waals surface area contributed by atoms with Crippen LogP contribution in [0.4, 0.5) is 11.6 Å². The molecule has 8 heteroatoms. The lowest BCUT2D eigenvalue weighted by Gasteiger charge is -2.16.